The Morgan fingerprint density at radius 2 is 1.75 bits per heavy atom. The first kappa shape index (κ1) is 24.5. The van der Waals surface area contributed by atoms with Gasteiger partial charge in [-0.2, -0.15) is 0 Å². The van der Waals surface area contributed by atoms with Gasteiger partial charge in [-0.15, -0.1) is 0 Å². The van der Waals surface area contributed by atoms with Crippen molar-refractivity contribution in [3.63, 3.8) is 0 Å². The zero-order valence-corrected chi connectivity index (χ0v) is 20.7. The maximum atomic E-state index is 5.43. The Labute approximate surface area is 194 Å². The van der Waals surface area contributed by atoms with E-state index >= 15 is 0 Å². The third-order valence-electron chi connectivity index (χ3n) is 6.55. The molecule has 1 aromatic carbocycles. The number of anilines is 1. The number of piperidine rings is 2. The number of nitrogens with one attached hydrogen (secondary N) is 2. The number of likely N-dealkylation sites (tertiary alicyclic amines) is 1. The smallest absolute Gasteiger partial charge is 0.191 e. The molecule has 1 unspecified atom stereocenters. The fourth-order valence-corrected chi connectivity index (χ4v) is 4.89. The van der Waals surface area contributed by atoms with Gasteiger partial charge in [0, 0.05) is 69.7 Å². The maximum Gasteiger partial charge on any atom is 0.191 e. The molecular formula is C25H43N5O2. The van der Waals surface area contributed by atoms with Crippen molar-refractivity contribution >= 4 is 11.6 Å². The van der Waals surface area contributed by atoms with Crippen molar-refractivity contribution < 1.29 is 9.47 Å². The molecule has 0 aliphatic carbocycles. The molecule has 0 amide bonds. The number of ether oxygens (including phenoxy) is 2. The molecule has 2 fully saturated rings. The van der Waals surface area contributed by atoms with Crippen LogP contribution in [0.15, 0.2) is 23.2 Å². The molecule has 1 atom stereocenters. The van der Waals surface area contributed by atoms with Crippen molar-refractivity contribution in [1.82, 2.24) is 15.5 Å². The van der Waals surface area contributed by atoms with Gasteiger partial charge < -0.3 is 29.9 Å². The summed E-state index contributed by atoms with van der Waals surface area (Å²) in [6.07, 6.45) is 4.76. The van der Waals surface area contributed by atoms with Gasteiger partial charge in [-0.3, -0.25) is 4.99 Å². The normalized spacial score (nSPS) is 21.0. The number of hydrogen-bond donors (Lipinski definition) is 2. The van der Waals surface area contributed by atoms with Crippen molar-refractivity contribution in [2.75, 3.05) is 65.4 Å². The zero-order chi connectivity index (χ0) is 22.9. The molecule has 0 aromatic heterocycles. The molecule has 0 saturated carbocycles. The quantitative estimate of drug-likeness (QED) is 0.473. The van der Waals surface area contributed by atoms with Gasteiger partial charge in [0.15, 0.2) is 5.96 Å². The SMILES string of the molecule is CN=C(NCC1CCCN(CC(C)C)C1)NC1CCN(c2cc(OC)cc(OC)c2)CC1. The molecule has 0 radical (unpaired) electrons. The minimum atomic E-state index is 0.439. The van der Waals surface area contributed by atoms with Crippen LogP contribution >= 0.6 is 0 Å². The number of aliphatic imine (C=N–C) groups is 1. The van der Waals surface area contributed by atoms with Gasteiger partial charge >= 0.3 is 0 Å². The second kappa shape index (κ2) is 12.2. The average Bonchev–Trinajstić information content (AvgIpc) is 2.81. The van der Waals surface area contributed by atoms with E-state index < -0.39 is 0 Å². The van der Waals surface area contributed by atoms with E-state index in [2.05, 4.69) is 51.4 Å². The van der Waals surface area contributed by atoms with E-state index in [1.165, 1.54) is 32.5 Å². The lowest BCUT2D eigenvalue weighted by Crippen LogP contribution is -2.50. The topological polar surface area (TPSA) is 61.4 Å². The molecule has 7 heteroatoms. The van der Waals surface area contributed by atoms with Crippen molar-refractivity contribution in [2.24, 2.45) is 16.8 Å². The molecule has 2 aliphatic rings. The van der Waals surface area contributed by atoms with E-state index in [9.17, 15) is 0 Å². The molecule has 2 heterocycles. The predicted molar refractivity (Wildman–Crippen MR) is 133 cm³/mol. The van der Waals surface area contributed by atoms with Crippen LogP contribution in [0.5, 0.6) is 11.5 Å². The summed E-state index contributed by atoms with van der Waals surface area (Å²) in [5, 5.41) is 7.25. The highest BCUT2D eigenvalue weighted by Crippen LogP contribution is 2.30. The van der Waals surface area contributed by atoms with Crippen LogP contribution in [-0.2, 0) is 0 Å². The molecule has 0 bridgehead atoms. The Balaban J connectivity index is 1.45. The minimum absolute atomic E-state index is 0.439. The standard InChI is InChI=1S/C25H43N5O2/c1-19(2)17-29-10-6-7-20(18-29)16-27-25(26-3)28-21-8-11-30(12-9-21)22-13-23(31-4)15-24(14-22)32-5/h13-15,19-21H,6-12,16-18H2,1-5H3,(H2,26,27,28). The van der Waals surface area contributed by atoms with Crippen LogP contribution in [-0.4, -0.2) is 77.4 Å². The lowest BCUT2D eigenvalue weighted by atomic mass is 9.97. The summed E-state index contributed by atoms with van der Waals surface area (Å²) in [7, 11) is 5.27. The molecule has 180 valence electrons. The zero-order valence-electron chi connectivity index (χ0n) is 20.7. The molecule has 2 N–H and O–H groups in total. The van der Waals surface area contributed by atoms with E-state index in [-0.39, 0.29) is 0 Å². The van der Waals surface area contributed by atoms with Crippen molar-refractivity contribution in [1.29, 1.82) is 0 Å². The van der Waals surface area contributed by atoms with Crippen molar-refractivity contribution in [3.05, 3.63) is 18.2 Å². The first-order valence-corrected chi connectivity index (χ1v) is 12.2. The summed E-state index contributed by atoms with van der Waals surface area (Å²) in [4.78, 5) is 9.52. The van der Waals surface area contributed by atoms with Gasteiger partial charge in [0.1, 0.15) is 11.5 Å². The van der Waals surface area contributed by atoms with Gasteiger partial charge in [0.05, 0.1) is 14.2 Å². The Hall–Kier alpha value is -2.15. The highest BCUT2D eigenvalue weighted by Gasteiger charge is 2.23. The van der Waals surface area contributed by atoms with Gasteiger partial charge in [-0.1, -0.05) is 13.8 Å². The average molecular weight is 446 g/mol. The molecular weight excluding hydrogens is 402 g/mol. The van der Waals surface area contributed by atoms with Crippen molar-refractivity contribution in [2.45, 2.75) is 45.6 Å². The molecule has 0 spiro atoms. The lowest BCUT2D eigenvalue weighted by Gasteiger charge is -2.36. The maximum absolute atomic E-state index is 5.43. The molecule has 1 aromatic rings. The third-order valence-corrected chi connectivity index (χ3v) is 6.55. The Kier molecular flexibility index (Phi) is 9.33. The molecule has 7 nitrogen and oxygen atoms in total. The summed E-state index contributed by atoms with van der Waals surface area (Å²) in [6.45, 7) is 11.3. The van der Waals surface area contributed by atoms with Crippen LogP contribution in [0.25, 0.3) is 0 Å². The summed E-state index contributed by atoms with van der Waals surface area (Å²) in [5.41, 5.74) is 1.16. The van der Waals surface area contributed by atoms with Crippen LogP contribution in [0.2, 0.25) is 0 Å². The number of rotatable bonds is 8. The van der Waals surface area contributed by atoms with Gasteiger partial charge in [-0.25, -0.2) is 0 Å². The van der Waals surface area contributed by atoms with Gasteiger partial charge in [0.2, 0.25) is 0 Å². The number of nitrogens with zero attached hydrogens (tertiary/aromatic N) is 3. The van der Waals surface area contributed by atoms with Crippen LogP contribution in [0.4, 0.5) is 5.69 Å². The Bertz CT molecular complexity index is 709. The highest BCUT2D eigenvalue weighted by atomic mass is 16.5. The van der Waals surface area contributed by atoms with Crippen LogP contribution in [0, 0.1) is 11.8 Å². The van der Waals surface area contributed by atoms with Crippen LogP contribution in [0.3, 0.4) is 0 Å². The van der Waals surface area contributed by atoms with Gasteiger partial charge in [0.25, 0.3) is 0 Å². The second-order valence-electron chi connectivity index (χ2n) is 9.59. The van der Waals surface area contributed by atoms with E-state index in [1.807, 2.05) is 13.1 Å². The lowest BCUT2D eigenvalue weighted by molar-refractivity contribution is 0.159. The minimum Gasteiger partial charge on any atom is -0.497 e. The van der Waals surface area contributed by atoms with E-state index in [1.54, 1.807) is 14.2 Å². The molecule has 32 heavy (non-hydrogen) atoms. The van der Waals surface area contributed by atoms with Crippen LogP contribution in [0.1, 0.15) is 39.5 Å². The first-order chi connectivity index (χ1) is 15.5. The highest BCUT2D eigenvalue weighted by molar-refractivity contribution is 5.80. The predicted octanol–water partition coefficient (Wildman–Crippen LogP) is 3.21. The number of guanidine groups is 1. The summed E-state index contributed by atoms with van der Waals surface area (Å²) >= 11 is 0. The third kappa shape index (κ3) is 7.19. The fraction of sp³-hybridized carbons (Fsp3) is 0.720. The summed E-state index contributed by atoms with van der Waals surface area (Å²) in [6, 6.07) is 6.53. The number of hydrogen-bond acceptors (Lipinski definition) is 5. The molecule has 3 rings (SSSR count). The summed E-state index contributed by atoms with van der Waals surface area (Å²) in [5.74, 6) is 4.04. The number of methoxy groups -OCH3 is 2. The first-order valence-electron chi connectivity index (χ1n) is 12.2. The van der Waals surface area contributed by atoms with E-state index in [0.717, 1.165) is 61.5 Å². The Morgan fingerprint density at radius 1 is 1.06 bits per heavy atom. The largest absolute Gasteiger partial charge is 0.497 e. The van der Waals surface area contributed by atoms with Gasteiger partial charge in [-0.05, 0) is 44.1 Å². The molecule has 2 aliphatic heterocycles. The monoisotopic (exact) mass is 445 g/mol. The summed E-state index contributed by atoms with van der Waals surface area (Å²) < 4.78 is 10.9. The van der Waals surface area contributed by atoms with E-state index in [4.69, 9.17) is 9.47 Å². The van der Waals surface area contributed by atoms with Crippen molar-refractivity contribution in [3.8, 4) is 11.5 Å². The second-order valence-corrected chi connectivity index (χ2v) is 9.59. The van der Waals surface area contributed by atoms with E-state index in [0.29, 0.717) is 12.0 Å². The number of benzene rings is 1. The Morgan fingerprint density at radius 3 is 2.34 bits per heavy atom. The fourth-order valence-electron chi connectivity index (χ4n) is 4.89. The molecule has 2 saturated heterocycles. The van der Waals surface area contributed by atoms with Crippen LogP contribution < -0.4 is 25.0 Å².